The van der Waals surface area contributed by atoms with Crippen LogP contribution in [0.3, 0.4) is 0 Å². The maximum Gasteiger partial charge on any atom is 0.236 e. The van der Waals surface area contributed by atoms with Crippen LogP contribution in [-0.4, -0.2) is 31.4 Å². The molecule has 0 bridgehead atoms. The first-order chi connectivity index (χ1) is 7.75. The number of hydrogen-bond donors (Lipinski definition) is 1. The number of carbonyl (C=O) groups excluding carboxylic acids is 1. The number of aryl methyl sites for hydroxylation is 1. The number of hydrogen-bond acceptors (Lipinski definition) is 6. The molecule has 0 saturated carbocycles. The third-order valence-electron chi connectivity index (χ3n) is 1.68. The van der Waals surface area contributed by atoms with Crippen LogP contribution in [0.4, 0.5) is 5.13 Å². The summed E-state index contributed by atoms with van der Waals surface area (Å²) in [5, 5.41) is 9.75. The second kappa shape index (κ2) is 5.08. The van der Waals surface area contributed by atoms with Gasteiger partial charge in [-0.2, -0.15) is 5.10 Å². The molecule has 2 aromatic heterocycles. The molecule has 0 atom stereocenters. The summed E-state index contributed by atoms with van der Waals surface area (Å²) in [6.07, 6.45) is 3.11. The fourth-order valence-corrected chi connectivity index (χ4v) is 2.22. The van der Waals surface area contributed by atoms with Gasteiger partial charge in [0.2, 0.25) is 5.91 Å². The first kappa shape index (κ1) is 11.1. The molecule has 0 aliphatic heterocycles. The molecule has 2 aromatic rings. The predicted molar refractivity (Wildman–Crippen MR) is 62.5 cm³/mol. The van der Waals surface area contributed by atoms with Gasteiger partial charge in [-0.1, -0.05) is 11.8 Å². The Hall–Kier alpha value is -1.41. The topological polar surface area (TPSA) is 72.7 Å². The Labute approximate surface area is 100 Å². The first-order valence-electron chi connectivity index (χ1n) is 4.42. The van der Waals surface area contributed by atoms with Gasteiger partial charge in [0.1, 0.15) is 6.33 Å². The van der Waals surface area contributed by atoms with Crippen molar-refractivity contribution < 1.29 is 4.79 Å². The lowest BCUT2D eigenvalue weighted by atomic mass is 10.7. The van der Waals surface area contributed by atoms with Crippen molar-refractivity contribution >= 4 is 34.1 Å². The summed E-state index contributed by atoms with van der Waals surface area (Å²) in [5.41, 5.74) is 0. The monoisotopic (exact) mass is 255 g/mol. The average molecular weight is 255 g/mol. The van der Waals surface area contributed by atoms with Gasteiger partial charge < -0.3 is 5.32 Å². The van der Waals surface area contributed by atoms with Crippen LogP contribution in [-0.2, 0) is 11.8 Å². The van der Waals surface area contributed by atoms with E-state index < -0.39 is 0 Å². The van der Waals surface area contributed by atoms with E-state index in [0.717, 1.165) is 0 Å². The highest BCUT2D eigenvalue weighted by molar-refractivity contribution is 7.99. The molecule has 8 heteroatoms. The molecule has 0 radical (unpaired) electrons. The zero-order valence-corrected chi connectivity index (χ0v) is 10.1. The van der Waals surface area contributed by atoms with E-state index in [-0.39, 0.29) is 5.91 Å². The summed E-state index contributed by atoms with van der Waals surface area (Å²) in [6, 6.07) is 0. The predicted octanol–water partition coefficient (Wildman–Crippen LogP) is 1.00. The van der Waals surface area contributed by atoms with Crippen molar-refractivity contribution in [2.75, 3.05) is 11.1 Å². The minimum atomic E-state index is -0.0945. The fourth-order valence-electron chi connectivity index (χ4n) is 0.987. The van der Waals surface area contributed by atoms with Crippen molar-refractivity contribution in [3.8, 4) is 0 Å². The number of nitrogens with one attached hydrogen (secondary N) is 1. The van der Waals surface area contributed by atoms with Crippen molar-refractivity contribution in [3.05, 3.63) is 17.9 Å². The maximum absolute atomic E-state index is 11.5. The molecule has 0 spiro atoms. The Kier molecular flexibility index (Phi) is 3.52. The van der Waals surface area contributed by atoms with Crippen LogP contribution >= 0.6 is 23.1 Å². The average Bonchev–Trinajstić information content (AvgIpc) is 2.87. The normalized spacial score (nSPS) is 10.3. The lowest BCUT2D eigenvalue weighted by Crippen LogP contribution is -2.14. The van der Waals surface area contributed by atoms with Crippen LogP contribution in [0, 0.1) is 0 Å². The Balaban J connectivity index is 1.82. The molecule has 0 unspecified atom stereocenters. The summed E-state index contributed by atoms with van der Waals surface area (Å²) >= 11 is 2.73. The summed E-state index contributed by atoms with van der Waals surface area (Å²) in [7, 11) is 1.79. The van der Waals surface area contributed by atoms with E-state index in [1.54, 1.807) is 17.9 Å². The molecule has 0 fully saturated rings. The molecule has 1 N–H and O–H groups in total. The van der Waals surface area contributed by atoms with Gasteiger partial charge in [-0.15, -0.1) is 11.3 Å². The molecule has 0 aliphatic rings. The molecule has 0 aromatic carbocycles. The highest BCUT2D eigenvalue weighted by atomic mass is 32.2. The van der Waals surface area contributed by atoms with Gasteiger partial charge >= 0.3 is 0 Å². The summed E-state index contributed by atoms with van der Waals surface area (Å²) < 4.78 is 1.63. The lowest BCUT2D eigenvalue weighted by Gasteiger charge is -2.00. The van der Waals surface area contributed by atoms with Crippen LogP contribution in [0.2, 0.25) is 0 Å². The molecule has 84 valence electrons. The molecular formula is C8H9N5OS2. The first-order valence-corrected chi connectivity index (χ1v) is 6.28. The Morgan fingerprint density at radius 1 is 1.62 bits per heavy atom. The Morgan fingerprint density at radius 2 is 2.50 bits per heavy atom. The van der Waals surface area contributed by atoms with Gasteiger partial charge in [0.15, 0.2) is 10.3 Å². The number of aromatic nitrogens is 4. The highest BCUT2D eigenvalue weighted by Gasteiger charge is 2.07. The summed E-state index contributed by atoms with van der Waals surface area (Å²) in [4.78, 5) is 19.5. The zero-order chi connectivity index (χ0) is 11.4. The second-order valence-corrected chi connectivity index (χ2v) is 4.68. The number of nitrogens with zero attached hydrogens (tertiary/aromatic N) is 4. The number of rotatable bonds is 4. The highest BCUT2D eigenvalue weighted by Crippen LogP contribution is 2.15. The number of thiazole rings is 1. The molecule has 2 heterocycles. The van der Waals surface area contributed by atoms with Gasteiger partial charge in [-0.25, -0.2) is 14.6 Å². The van der Waals surface area contributed by atoms with Crippen LogP contribution in [0.15, 0.2) is 23.1 Å². The van der Waals surface area contributed by atoms with E-state index in [1.165, 1.54) is 29.4 Å². The molecule has 0 aliphatic carbocycles. The van der Waals surface area contributed by atoms with Crippen molar-refractivity contribution in [1.29, 1.82) is 0 Å². The molecule has 2 rings (SSSR count). The molecule has 1 amide bonds. The smallest absolute Gasteiger partial charge is 0.236 e. The number of anilines is 1. The van der Waals surface area contributed by atoms with Crippen molar-refractivity contribution in [3.63, 3.8) is 0 Å². The molecule has 0 saturated heterocycles. The van der Waals surface area contributed by atoms with E-state index in [1.807, 2.05) is 5.38 Å². The molecule has 6 nitrogen and oxygen atoms in total. The fraction of sp³-hybridized carbons (Fsp3) is 0.250. The number of amides is 1. The Bertz CT molecular complexity index is 466. The SMILES string of the molecule is Cn1ncnc1SCC(=O)Nc1nccs1. The second-order valence-electron chi connectivity index (χ2n) is 2.84. The van der Waals surface area contributed by atoms with Gasteiger partial charge in [0.25, 0.3) is 0 Å². The number of carbonyl (C=O) groups is 1. The maximum atomic E-state index is 11.5. The minimum Gasteiger partial charge on any atom is -0.301 e. The van der Waals surface area contributed by atoms with E-state index >= 15 is 0 Å². The van der Waals surface area contributed by atoms with Crippen molar-refractivity contribution in [2.45, 2.75) is 5.16 Å². The molecule has 16 heavy (non-hydrogen) atoms. The number of thioether (sulfide) groups is 1. The van der Waals surface area contributed by atoms with E-state index in [4.69, 9.17) is 0 Å². The third-order valence-corrected chi connectivity index (χ3v) is 3.40. The summed E-state index contributed by atoms with van der Waals surface area (Å²) in [6.45, 7) is 0. The Morgan fingerprint density at radius 3 is 3.12 bits per heavy atom. The lowest BCUT2D eigenvalue weighted by molar-refractivity contribution is -0.113. The summed E-state index contributed by atoms with van der Waals surface area (Å²) in [5.74, 6) is 0.203. The van der Waals surface area contributed by atoms with Crippen LogP contribution in [0.1, 0.15) is 0 Å². The van der Waals surface area contributed by atoms with Crippen LogP contribution in [0.25, 0.3) is 0 Å². The standard InChI is InChI=1S/C8H9N5OS2/c1-13-8(10-5-11-13)16-4-6(14)12-7-9-2-3-15-7/h2-3,5H,4H2,1H3,(H,9,12,14). The van der Waals surface area contributed by atoms with Gasteiger partial charge in [-0.05, 0) is 0 Å². The van der Waals surface area contributed by atoms with Crippen LogP contribution in [0.5, 0.6) is 0 Å². The van der Waals surface area contributed by atoms with E-state index in [0.29, 0.717) is 16.0 Å². The quantitative estimate of drug-likeness (QED) is 0.825. The van der Waals surface area contributed by atoms with Crippen molar-refractivity contribution in [2.24, 2.45) is 7.05 Å². The zero-order valence-electron chi connectivity index (χ0n) is 8.45. The van der Waals surface area contributed by atoms with Crippen molar-refractivity contribution in [1.82, 2.24) is 19.7 Å². The van der Waals surface area contributed by atoms with E-state index in [9.17, 15) is 4.79 Å². The minimum absolute atomic E-state index is 0.0945. The van der Waals surface area contributed by atoms with Gasteiger partial charge in [-0.3, -0.25) is 4.79 Å². The van der Waals surface area contributed by atoms with E-state index in [2.05, 4.69) is 20.4 Å². The van der Waals surface area contributed by atoms with Gasteiger partial charge in [0, 0.05) is 18.6 Å². The molecular weight excluding hydrogens is 246 g/mol. The van der Waals surface area contributed by atoms with Crippen LogP contribution < -0.4 is 5.32 Å². The largest absolute Gasteiger partial charge is 0.301 e. The van der Waals surface area contributed by atoms with Gasteiger partial charge in [0.05, 0.1) is 5.75 Å². The third kappa shape index (κ3) is 2.80.